The van der Waals surface area contributed by atoms with Crippen LogP contribution in [0.5, 0.6) is 0 Å². The predicted molar refractivity (Wildman–Crippen MR) is 66.5 cm³/mol. The quantitative estimate of drug-likeness (QED) is 0.806. The fourth-order valence-corrected chi connectivity index (χ4v) is 2.85. The molecule has 2 heterocycles. The number of hydrogen-bond donors (Lipinski definition) is 1. The largest absolute Gasteiger partial charge is 0.378 e. The molecule has 0 spiro atoms. The molecule has 4 atom stereocenters. The van der Waals surface area contributed by atoms with Crippen molar-refractivity contribution >= 4 is 5.91 Å². The van der Waals surface area contributed by atoms with Gasteiger partial charge in [-0.3, -0.25) is 10.1 Å². The average molecular weight is 240 g/mol. The van der Waals surface area contributed by atoms with E-state index in [0.29, 0.717) is 12.0 Å². The Labute approximate surface area is 104 Å². The molecule has 0 aliphatic carbocycles. The molecule has 2 fully saturated rings. The zero-order chi connectivity index (χ0) is 12.4. The van der Waals surface area contributed by atoms with Crippen molar-refractivity contribution in [2.45, 2.75) is 58.3 Å². The molecule has 4 unspecified atom stereocenters. The fraction of sp³-hybridized carbons (Fsp3) is 0.923. The van der Waals surface area contributed by atoms with Gasteiger partial charge in [0.1, 0.15) is 0 Å². The molecule has 0 aromatic heterocycles. The molecule has 2 saturated heterocycles. The Hall–Kier alpha value is -0.610. The van der Waals surface area contributed by atoms with E-state index >= 15 is 0 Å². The molecule has 0 aromatic carbocycles. The first-order chi connectivity index (χ1) is 8.13. The van der Waals surface area contributed by atoms with E-state index in [1.165, 1.54) is 0 Å². The maximum atomic E-state index is 12.1. The SMILES string of the molecule is CCCC1NC(C)C(=O)N1CC1CCOC1C. The molecule has 2 aliphatic rings. The zero-order valence-corrected chi connectivity index (χ0v) is 11.1. The summed E-state index contributed by atoms with van der Waals surface area (Å²) in [7, 11) is 0. The maximum absolute atomic E-state index is 12.1. The summed E-state index contributed by atoms with van der Waals surface area (Å²) < 4.78 is 5.57. The van der Waals surface area contributed by atoms with Crippen LogP contribution in [0.1, 0.15) is 40.0 Å². The molecule has 0 bridgehead atoms. The summed E-state index contributed by atoms with van der Waals surface area (Å²) in [6, 6.07) is -0.0239. The first-order valence-corrected chi connectivity index (χ1v) is 6.81. The van der Waals surface area contributed by atoms with Crippen LogP contribution < -0.4 is 5.32 Å². The van der Waals surface area contributed by atoms with Gasteiger partial charge in [-0.25, -0.2) is 0 Å². The molecule has 98 valence electrons. The van der Waals surface area contributed by atoms with E-state index in [4.69, 9.17) is 4.74 Å². The highest BCUT2D eigenvalue weighted by molar-refractivity contribution is 5.83. The molecular formula is C13H24N2O2. The Morgan fingerprint density at radius 2 is 2.24 bits per heavy atom. The minimum absolute atomic E-state index is 0.0239. The summed E-state index contributed by atoms with van der Waals surface area (Å²) in [5, 5.41) is 3.38. The number of carbonyl (C=O) groups is 1. The molecule has 1 N–H and O–H groups in total. The molecule has 2 rings (SSSR count). The second kappa shape index (κ2) is 5.36. The van der Waals surface area contributed by atoms with Crippen LogP contribution in [0.4, 0.5) is 0 Å². The van der Waals surface area contributed by atoms with Gasteiger partial charge in [-0.15, -0.1) is 0 Å². The van der Waals surface area contributed by atoms with Gasteiger partial charge in [0.15, 0.2) is 0 Å². The molecule has 0 aromatic rings. The third-order valence-electron chi connectivity index (χ3n) is 4.00. The van der Waals surface area contributed by atoms with E-state index < -0.39 is 0 Å². The van der Waals surface area contributed by atoms with Crippen LogP contribution in [-0.2, 0) is 9.53 Å². The summed E-state index contributed by atoms with van der Waals surface area (Å²) in [6.45, 7) is 7.93. The van der Waals surface area contributed by atoms with Crippen molar-refractivity contribution in [3.05, 3.63) is 0 Å². The molecule has 17 heavy (non-hydrogen) atoms. The lowest BCUT2D eigenvalue weighted by Gasteiger charge is -2.27. The topological polar surface area (TPSA) is 41.6 Å². The van der Waals surface area contributed by atoms with Gasteiger partial charge in [0.2, 0.25) is 5.91 Å². The van der Waals surface area contributed by atoms with E-state index in [1.54, 1.807) is 0 Å². The number of amides is 1. The van der Waals surface area contributed by atoms with Crippen molar-refractivity contribution < 1.29 is 9.53 Å². The molecular weight excluding hydrogens is 216 g/mol. The van der Waals surface area contributed by atoms with Gasteiger partial charge in [0.05, 0.1) is 18.3 Å². The van der Waals surface area contributed by atoms with Crippen LogP contribution in [0.2, 0.25) is 0 Å². The lowest BCUT2D eigenvalue weighted by Crippen LogP contribution is -2.41. The van der Waals surface area contributed by atoms with Gasteiger partial charge in [-0.2, -0.15) is 0 Å². The number of carbonyl (C=O) groups excluding carboxylic acids is 1. The standard InChI is InChI=1S/C13H24N2O2/c1-4-5-12-14-9(2)13(16)15(12)8-11-6-7-17-10(11)3/h9-12,14H,4-8H2,1-3H3. The summed E-state index contributed by atoms with van der Waals surface area (Å²) in [4.78, 5) is 14.1. The number of ether oxygens (including phenoxy) is 1. The van der Waals surface area contributed by atoms with Crippen molar-refractivity contribution in [1.82, 2.24) is 10.2 Å². The minimum atomic E-state index is -0.0239. The third-order valence-corrected chi connectivity index (χ3v) is 4.00. The Bertz CT molecular complexity index is 283. The first-order valence-electron chi connectivity index (χ1n) is 6.81. The molecule has 0 saturated carbocycles. The van der Waals surface area contributed by atoms with Gasteiger partial charge in [0, 0.05) is 19.1 Å². The Balaban J connectivity index is 1.98. The monoisotopic (exact) mass is 240 g/mol. The second-order valence-electron chi connectivity index (χ2n) is 5.31. The number of nitrogens with one attached hydrogen (secondary N) is 1. The maximum Gasteiger partial charge on any atom is 0.240 e. The van der Waals surface area contributed by atoms with Crippen molar-refractivity contribution in [1.29, 1.82) is 0 Å². The summed E-state index contributed by atoms with van der Waals surface area (Å²) in [5.74, 6) is 0.757. The van der Waals surface area contributed by atoms with Crippen molar-refractivity contribution in [3.8, 4) is 0 Å². The number of nitrogens with zero attached hydrogens (tertiary/aromatic N) is 1. The fourth-order valence-electron chi connectivity index (χ4n) is 2.85. The number of hydrogen-bond acceptors (Lipinski definition) is 3. The van der Waals surface area contributed by atoms with Crippen LogP contribution in [0.15, 0.2) is 0 Å². The minimum Gasteiger partial charge on any atom is -0.378 e. The smallest absolute Gasteiger partial charge is 0.240 e. The Morgan fingerprint density at radius 1 is 1.47 bits per heavy atom. The van der Waals surface area contributed by atoms with E-state index in [9.17, 15) is 4.79 Å². The molecule has 2 aliphatic heterocycles. The van der Waals surface area contributed by atoms with Crippen LogP contribution >= 0.6 is 0 Å². The zero-order valence-electron chi connectivity index (χ0n) is 11.1. The van der Waals surface area contributed by atoms with E-state index in [-0.39, 0.29) is 18.1 Å². The highest BCUT2D eigenvalue weighted by atomic mass is 16.5. The molecule has 1 amide bonds. The van der Waals surface area contributed by atoms with Gasteiger partial charge in [0.25, 0.3) is 0 Å². The second-order valence-corrected chi connectivity index (χ2v) is 5.31. The predicted octanol–water partition coefficient (Wildman–Crippen LogP) is 1.36. The van der Waals surface area contributed by atoms with Crippen molar-refractivity contribution in [2.75, 3.05) is 13.2 Å². The Kier molecular flexibility index (Phi) is 4.05. The van der Waals surface area contributed by atoms with E-state index in [2.05, 4.69) is 19.2 Å². The van der Waals surface area contributed by atoms with Gasteiger partial charge >= 0.3 is 0 Å². The average Bonchev–Trinajstić information content (AvgIpc) is 2.80. The number of rotatable bonds is 4. The van der Waals surface area contributed by atoms with Gasteiger partial charge in [-0.05, 0) is 26.7 Å². The van der Waals surface area contributed by atoms with E-state index in [1.807, 2.05) is 11.8 Å². The van der Waals surface area contributed by atoms with Crippen LogP contribution in [-0.4, -0.2) is 42.3 Å². The lowest BCUT2D eigenvalue weighted by molar-refractivity contribution is -0.130. The van der Waals surface area contributed by atoms with Gasteiger partial charge < -0.3 is 9.64 Å². The Morgan fingerprint density at radius 3 is 2.82 bits per heavy atom. The van der Waals surface area contributed by atoms with Crippen LogP contribution in [0.25, 0.3) is 0 Å². The summed E-state index contributed by atoms with van der Waals surface area (Å²) in [6.07, 6.45) is 3.75. The van der Waals surface area contributed by atoms with Crippen molar-refractivity contribution in [2.24, 2.45) is 5.92 Å². The molecule has 4 nitrogen and oxygen atoms in total. The highest BCUT2D eigenvalue weighted by Gasteiger charge is 2.38. The normalized spacial score (nSPS) is 38.1. The lowest BCUT2D eigenvalue weighted by atomic mass is 10.0. The highest BCUT2D eigenvalue weighted by Crippen LogP contribution is 2.25. The van der Waals surface area contributed by atoms with Crippen molar-refractivity contribution in [3.63, 3.8) is 0 Å². The van der Waals surface area contributed by atoms with Crippen LogP contribution in [0.3, 0.4) is 0 Å². The van der Waals surface area contributed by atoms with Crippen LogP contribution in [0, 0.1) is 5.92 Å². The first kappa shape index (κ1) is 12.8. The molecule has 0 radical (unpaired) electrons. The summed E-state index contributed by atoms with van der Waals surface area (Å²) >= 11 is 0. The molecule has 4 heteroatoms. The third kappa shape index (κ3) is 2.63. The van der Waals surface area contributed by atoms with E-state index in [0.717, 1.165) is 32.4 Å². The van der Waals surface area contributed by atoms with Gasteiger partial charge in [-0.1, -0.05) is 13.3 Å². The summed E-state index contributed by atoms with van der Waals surface area (Å²) in [5.41, 5.74) is 0.